The fraction of sp³-hybridized carbons (Fsp3) is 0.263. The first-order chi connectivity index (χ1) is 12.0. The summed E-state index contributed by atoms with van der Waals surface area (Å²) in [4.78, 5) is 4.38. The molecule has 0 bridgehead atoms. The highest BCUT2D eigenvalue weighted by Crippen LogP contribution is 2.33. The SMILES string of the molecule is COc1ncc(-c2c(C)noc2C)cc1NC(C)c1ccc(F)cc1. The molecule has 0 aliphatic rings. The van der Waals surface area contributed by atoms with Gasteiger partial charge in [0.1, 0.15) is 11.6 Å². The Morgan fingerprint density at radius 3 is 2.52 bits per heavy atom. The van der Waals surface area contributed by atoms with E-state index in [1.807, 2.05) is 26.8 Å². The predicted molar refractivity (Wildman–Crippen MR) is 94.2 cm³/mol. The second-order valence-corrected chi connectivity index (χ2v) is 5.90. The molecule has 1 N–H and O–H groups in total. The van der Waals surface area contributed by atoms with Crippen molar-refractivity contribution in [3.05, 3.63) is 59.4 Å². The smallest absolute Gasteiger partial charge is 0.237 e. The second-order valence-electron chi connectivity index (χ2n) is 5.90. The Bertz CT molecular complexity index is 855. The highest BCUT2D eigenvalue weighted by atomic mass is 19.1. The number of anilines is 1. The number of rotatable bonds is 5. The summed E-state index contributed by atoms with van der Waals surface area (Å²) in [6.07, 6.45) is 1.74. The predicted octanol–water partition coefficient (Wildman–Crippen LogP) is 4.67. The molecule has 25 heavy (non-hydrogen) atoms. The molecule has 130 valence electrons. The van der Waals surface area contributed by atoms with Gasteiger partial charge in [0.25, 0.3) is 0 Å². The number of halogens is 1. The summed E-state index contributed by atoms with van der Waals surface area (Å²) in [5, 5.41) is 7.37. The van der Waals surface area contributed by atoms with E-state index in [4.69, 9.17) is 9.26 Å². The summed E-state index contributed by atoms with van der Waals surface area (Å²) in [6.45, 7) is 5.76. The highest BCUT2D eigenvalue weighted by molar-refractivity contribution is 5.72. The monoisotopic (exact) mass is 341 g/mol. The standard InChI is InChI=1S/C19H20FN3O2/c1-11(14-5-7-16(20)8-6-14)22-17-9-15(10-21-19(17)24-4)18-12(2)23-25-13(18)3/h5-11,22H,1-4H3. The van der Waals surface area contributed by atoms with Crippen molar-refractivity contribution < 1.29 is 13.7 Å². The van der Waals surface area contributed by atoms with E-state index in [2.05, 4.69) is 15.5 Å². The maximum absolute atomic E-state index is 13.1. The van der Waals surface area contributed by atoms with Crippen LogP contribution in [0.5, 0.6) is 5.88 Å². The summed E-state index contributed by atoms with van der Waals surface area (Å²) in [5.74, 6) is 0.974. The molecule has 0 spiro atoms. The maximum Gasteiger partial charge on any atom is 0.237 e. The van der Waals surface area contributed by atoms with Gasteiger partial charge >= 0.3 is 0 Å². The Morgan fingerprint density at radius 2 is 1.92 bits per heavy atom. The number of aromatic nitrogens is 2. The maximum atomic E-state index is 13.1. The number of nitrogens with one attached hydrogen (secondary N) is 1. The van der Waals surface area contributed by atoms with Gasteiger partial charge in [-0.15, -0.1) is 0 Å². The number of hydrogen-bond acceptors (Lipinski definition) is 5. The average Bonchev–Trinajstić information content (AvgIpc) is 2.94. The summed E-state index contributed by atoms with van der Waals surface area (Å²) < 4.78 is 23.7. The largest absolute Gasteiger partial charge is 0.480 e. The molecule has 1 atom stereocenters. The molecule has 3 aromatic rings. The van der Waals surface area contributed by atoms with Gasteiger partial charge in [0.05, 0.1) is 18.5 Å². The molecule has 0 aliphatic heterocycles. The van der Waals surface area contributed by atoms with Crippen LogP contribution in [-0.2, 0) is 0 Å². The molecule has 5 nitrogen and oxygen atoms in total. The molecule has 1 aromatic carbocycles. The zero-order valence-corrected chi connectivity index (χ0v) is 14.6. The van der Waals surface area contributed by atoms with Gasteiger partial charge in [-0.25, -0.2) is 9.37 Å². The minimum atomic E-state index is -0.254. The van der Waals surface area contributed by atoms with Gasteiger partial charge in [-0.3, -0.25) is 0 Å². The van der Waals surface area contributed by atoms with E-state index in [0.29, 0.717) is 5.88 Å². The third-order valence-corrected chi connectivity index (χ3v) is 4.11. The zero-order chi connectivity index (χ0) is 18.0. The highest BCUT2D eigenvalue weighted by Gasteiger charge is 2.16. The number of pyridine rings is 1. The molecule has 0 saturated carbocycles. The summed E-state index contributed by atoms with van der Waals surface area (Å²) >= 11 is 0. The van der Waals surface area contributed by atoms with Crippen LogP contribution in [-0.4, -0.2) is 17.3 Å². The number of hydrogen-bond donors (Lipinski definition) is 1. The van der Waals surface area contributed by atoms with Crippen molar-refractivity contribution in [3.8, 4) is 17.0 Å². The first kappa shape index (κ1) is 17.0. The normalized spacial score (nSPS) is 12.0. The van der Waals surface area contributed by atoms with Crippen LogP contribution in [0.1, 0.15) is 30.0 Å². The number of benzene rings is 1. The van der Waals surface area contributed by atoms with Crippen LogP contribution < -0.4 is 10.1 Å². The van der Waals surface area contributed by atoms with Gasteiger partial charge in [-0.05, 0) is 44.5 Å². The lowest BCUT2D eigenvalue weighted by atomic mass is 10.0. The van der Waals surface area contributed by atoms with E-state index in [1.54, 1.807) is 25.4 Å². The topological polar surface area (TPSA) is 60.2 Å². The molecule has 0 fully saturated rings. The Morgan fingerprint density at radius 1 is 1.20 bits per heavy atom. The fourth-order valence-electron chi connectivity index (χ4n) is 2.82. The lowest BCUT2D eigenvalue weighted by molar-refractivity contribution is 0.393. The van der Waals surface area contributed by atoms with Crippen molar-refractivity contribution in [2.75, 3.05) is 12.4 Å². The summed E-state index contributed by atoms with van der Waals surface area (Å²) in [6, 6.07) is 8.32. The molecule has 0 saturated heterocycles. The molecule has 6 heteroatoms. The third kappa shape index (κ3) is 3.47. The number of nitrogens with zero attached hydrogens (tertiary/aromatic N) is 2. The zero-order valence-electron chi connectivity index (χ0n) is 14.6. The fourth-order valence-corrected chi connectivity index (χ4v) is 2.82. The van der Waals surface area contributed by atoms with Crippen molar-refractivity contribution in [2.24, 2.45) is 0 Å². The van der Waals surface area contributed by atoms with E-state index < -0.39 is 0 Å². The van der Waals surface area contributed by atoms with Crippen LogP contribution in [0.15, 0.2) is 41.1 Å². The summed E-state index contributed by atoms with van der Waals surface area (Å²) in [5.41, 5.74) is 4.34. The minimum absolute atomic E-state index is 0.0452. The Labute approximate surface area is 145 Å². The average molecular weight is 341 g/mol. The molecular formula is C19H20FN3O2. The van der Waals surface area contributed by atoms with Crippen molar-refractivity contribution in [2.45, 2.75) is 26.8 Å². The lowest BCUT2D eigenvalue weighted by Crippen LogP contribution is -2.08. The quantitative estimate of drug-likeness (QED) is 0.730. The van der Waals surface area contributed by atoms with Crippen LogP contribution in [0.25, 0.3) is 11.1 Å². The van der Waals surface area contributed by atoms with Gasteiger partial charge in [0.2, 0.25) is 5.88 Å². The van der Waals surface area contributed by atoms with Gasteiger partial charge in [-0.2, -0.15) is 0 Å². The van der Waals surface area contributed by atoms with Gasteiger partial charge < -0.3 is 14.6 Å². The van der Waals surface area contributed by atoms with Gasteiger partial charge in [-0.1, -0.05) is 17.3 Å². The third-order valence-electron chi connectivity index (χ3n) is 4.11. The number of aryl methyl sites for hydroxylation is 2. The molecule has 0 aliphatic carbocycles. The van der Waals surface area contributed by atoms with Crippen LogP contribution in [0.4, 0.5) is 10.1 Å². The second kappa shape index (κ2) is 6.93. The number of ether oxygens (including phenoxy) is 1. The molecule has 0 radical (unpaired) electrons. The van der Waals surface area contributed by atoms with Crippen molar-refractivity contribution in [1.29, 1.82) is 0 Å². The Kier molecular flexibility index (Phi) is 4.70. The van der Waals surface area contributed by atoms with E-state index in [9.17, 15) is 4.39 Å². The molecule has 1 unspecified atom stereocenters. The van der Waals surface area contributed by atoms with Gasteiger partial charge in [0.15, 0.2) is 0 Å². The minimum Gasteiger partial charge on any atom is -0.480 e. The number of methoxy groups -OCH3 is 1. The Hall–Kier alpha value is -2.89. The van der Waals surface area contributed by atoms with E-state index in [-0.39, 0.29) is 11.9 Å². The summed E-state index contributed by atoms with van der Waals surface area (Å²) in [7, 11) is 1.58. The van der Waals surface area contributed by atoms with Crippen molar-refractivity contribution in [3.63, 3.8) is 0 Å². The van der Waals surface area contributed by atoms with Gasteiger partial charge in [0, 0.05) is 23.4 Å². The molecule has 2 aromatic heterocycles. The molecule has 0 amide bonds. The lowest BCUT2D eigenvalue weighted by Gasteiger charge is -2.18. The molecule has 2 heterocycles. The van der Waals surface area contributed by atoms with Crippen molar-refractivity contribution >= 4 is 5.69 Å². The van der Waals surface area contributed by atoms with Crippen LogP contribution in [0, 0.1) is 19.7 Å². The van der Waals surface area contributed by atoms with Crippen LogP contribution >= 0.6 is 0 Å². The first-order valence-electron chi connectivity index (χ1n) is 7.99. The van der Waals surface area contributed by atoms with E-state index in [0.717, 1.165) is 33.8 Å². The Balaban J connectivity index is 1.94. The van der Waals surface area contributed by atoms with Crippen LogP contribution in [0.2, 0.25) is 0 Å². The first-order valence-corrected chi connectivity index (χ1v) is 7.99. The molecule has 3 rings (SSSR count). The van der Waals surface area contributed by atoms with Crippen molar-refractivity contribution in [1.82, 2.24) is 10.1 Å². The van der Waals surface area contributed by atoms with Crippen LogP contribution in [0.3, 0.4) is 0 Å². The van der Waals surface area contributed by atoms with E-state index in [1.165, 1.54) is 12.1 Å². The van der Waals surface area contributed by atoms with E-state index >= 15 is 0 Å². The molecular weight excluding hydrogens is 321 g/mol.